The molecule has 0 aliphatic carbocycles. The van der Waals surface area contributed by atoms with Gasteiger partial charge in [-0.25, -0.2) is 4.99 Å². The van der Waals surface area contributed by atoms with Crippen molar-refractivity contribution < 1.29 is 9.47 Å². The predicted molar refractivity (Wildman–Crippen MR) is 64.2 cm³/mol. The molecule has 0 saturated heterocycles. The highest BCUT2D eigenvalue weighted by atomic mass is 16.5. The summed E-state index contributed by atoms with van der Waals surface area (Å²) in [7, 11) is 1.67. The van der Waals surface area contributed by atoms with Gasteiger partial charge in [0.05, 0.1) is 13.2 Å². The van der Waals surface area contributed by atoms with Crippen LogP contribution in [0.3, 0.4) is 0 Å². The molecule has 3 heteroatoms. The lowest BCUT2D eigenvalue weighted by molar-refractivity contribution is 0.309. The molecular weight excluding hydrogens is 202 g/mol. The minimum atomic E-state index is 0.355. The van der Waals surface area contributed by atoms with Crippen molar-refractivity contribution in [2.75, 3.05) is 13.7 Å². The van der Waals surface area contributed by atoms with Gasteiger partial charge in [-0.3, -0.25) is 0 Å². The van der Waals surface area contributed by atoms with Gasteiger partial charge in [0.25, 0.3) is 0 Å². The minimum Gasteiger partial charge on any atom is -0.497 e. The van der Waals surface area contributed by atoms with Crippen molar-refractivity contribution in [3.63, 3.8) is 0 Å². The maximum atomic E-state index is 5.54. The Labute approximate surface area is 96.1 Å². The van der Waals surface area contributed by atoms with E-state index >= 15 is 0 Å². The molecule has 0 fully saturated rings. The van der Waals surface area contributed by atoms with Crippen LogP contribution in [0.4, 0.5) is 0 Å². The van der Waals surface area contributed by atoms with Gasteiger partial charge in [-0.1, -0.05) is 19.1 Å². The molecule has 1 atom stereocenters. The number of methoxy groups -OCH3 is 1. The molecule has 16 heavy (non-hydrogen) atoms. The first kappa shape index (κ1) is 11.0. The van der Waals surface area contributed by atoms with Crippen molar-refractivity contribution in [1.29, 1.82) is 0 Å². The predicted octanol–water partition coefficient (Wildman–Crippen LogP) is 2.45. The van der Waals surface area contributed by atoms with Gasteiger partial charge in [-0.05, 0) is 24.1 Å². The molecule has 1 heterocycles. The lowest BCUT2D eigenvalue weighted by Gasteiger charge is -2.03. The number of ether oxygens (including phenoxy) is 2. The van der Waals surface area contributed by atoms with Crippen LogP contribution < -0.4 is 4.74 Å². The van der Waals surface area contributed by atoms with Crippen LogP contribution in [0.1, 0.15) is 18.9 Å². The second kappa shape index (κ2) is 5.01. The molecule has 0 aromatic heterocycles. The lowest BCUT2D eigenvalue weighted by atomic mass is 10.1. The van der Waals surface area contributed by atoms with Crippen LogP contribution in [-0.2, 0) is 11.2 Å². The molecule has 1 aliphatic heterocycles. The Morgan fingerprint density at radius 1 is 1.38 bits per heavy atom. The highest BCUT2D eigenvalue weighted by Gasteiger charge is 2.16. The molecule has 0 spiro atoms. The zero-order valence-electron chi connectivity index (χ0n) is 9.77. The van der Waals surface area contributed by atoms with E-state index in [2.05, 4.69) is 11.9 Å². The Morgan fingerprint density at radius 2 is 2.12 bits per heavy atom. The zero-order chi connectivity index (χ0) is 11.4. The topological polar surface area (TPSA) is 30.8 Å². The van der Waals surface area contributed by atoms with Crippen LogP contribution in [0.25, 0.3) is 0 Å². The van der Waals surface area contributed by atoms with Crippen molar-refractivity contribution >= 4 is 5.90 Å². The van der Waals surface area contributed by atoms with Crippen LogP contribution >= 0.6 is 0 Å². The Balaban J connectivity index is 1.99. The van der Waals surface area contributed by atoms with E-state index in [1.165, 1.54) is 5.56 Å². The molecule has 1 aliphatic rings. The molecule has 86 valence electrons. The SMILES string of the molecule is CC[C@@H]1COC(Cc2ccc(OC)cc2)=N1. The average molecular weight is 219 g/mol. The second-order valence-corrected chi connectivity index (χ2v) is 3.92. The van der Waals surface area contributed by atoms with E-state index in [0.29, 0.717) is 6.04 Å². The number of nitrogens with zero attached hydrogens (tertiary/aromatic N) is 1. The number of aliphatic imine (C=N–C) groups is 1. The van der Waals surface area contributed by atoms with Crippen molar-refractivity contribution in [1.82, 2.24) is 0 Å². The molecule has 0 N–H and O–H groups in total. The highest BCUT2D eigenvalue weighted by molar-refractivity contribution is 5.80. The summed E-state index contributed by atoms with van der Waals surface area (Å²) in [4.78, 5) is 4.51. The largest absolute Gasteiger partial charge is 0.497 e. The molecule has 1 aromatic carbocycles. The van der Waals surface area contributed by atoms with Crippen LogP contribution in [0.2, 0.25) is 0 Å². The van der Waals surface area contributed by atoms with Gasteiger partial charge in [0.15, 0.2) is 5.90 Å². The van der Waals surface area contributed by atoms with Gasteiger partial charge in [0.1, 0.15) is 12.4 Å². The molecule has 2 rings (SSSR count). The fourth-order valence-electron chi connectivity index (χ4n) is 1.69. The smallest absolute Gasteiger partial charge is 0.188 e. The van der Waals surface area contributed by atoms with Crippen LogP contribution in [-0.4, -0.2) is 25.7 Å². The summed E-state index contributed by atoms with van der Waals surface area (Å²) >= 11 is 0. The Kier molecular flexibility index (Phi) is 3.44. The van der Waals surface area contributed by atoms with Crippen LogP contribution in [0.5, 0.6) is 5.75 Å². The van der Waals surface area contributed by atoms with Crippen LogP contribution in [0.15, 0.2) is 29.3 Å². The number of benzene rings is 1. The number of rotatable bonds is 4. The summed E-state index contributed by atoms with van der Waals surface area (Å²) in [5.74, 6) is 1.74. The summed E-state index contributed by atoms with van der Waals surface area (Å²) in [6, 6.07) is 8.37. The molecule has 0 amide bonds. The van der Waals surface area contributed by atoms with E-state index in [-0.39, 0.29) is 0 Å². The fourth-order valence-corrected chi connectivity index (χ4v) is 1.69. The Hall–Kier alpha value is -1.51. The Bertz CT molecular complexity index is 370. The van der Waals surface area contributed by atoms with Crippen LogP contribution in [0, 0.1) is 0 Å². The highest BCUT2D eigenvalue weighted by Crippen LogP contribution is 2.15. The van der Waals surface area contributed by atoms with Crippen molar-refractivity contribution in [2.45, 2.75) is 25.8 Å². The van der Waals surface area contributed by atoms with E-state index in [9.17, 15) is 0 Å². The maximum absolute atomic E-state index is 5.54. The van der Waals surface area contributed by atoms with Crippen molar-refractivity contribution in [3.05, 3.63) is 29.8 Å². The molecular formula is C13H17NO2. The molecule has 0 saturated carbocycles. The molecule has 3 nitrogen and oxygen atoms in total. The third-order valence-corrected chi connectivity index (χ3v) is 2.75. The third-order valence-electron chi connectivity index (χ3n) is 2.75. The van der Waals surface area contributed by atoms with Gasteiger partial charge >= 0.3 is 0 Å². The third kappa shape index (κ3) is 2.54. The second-order valence-electron chi connectivity index (χ2n) is 3.92. The first-order valence-corrected chi connectivity index (χ1v) is 5.64. The van der Waals surface area contributed by atoms with Gasteiger partial charge in [0, 0.05) is 6.42 Å². The minimum absolute atomic E-state index is 0.355. The van der Waals surface area contributed by atoms with Crippen molar-refractivity contribution in [2.24, 2.45) is 4.99 Å². The summed E-state index contributed by atoms with van der Waals surface area (Å²) < 4.78 is 10.6. The molecule has 1 aromatic rings. The molecule has 0 bridgehead atoms. The average Bonchev–Trinajstić information content (AvgIpc) is 2.78. The summed E-state index contributed by atoms with van der Waals surface area (Å²) in [5, 5.41) is 0. The Morgan fingerprint density at radius 3 is 2.69 bits per heavy atom. The fraction of sp³-hybridized carbons (Fsp3) is 0.462. The standard InChI is InChI=1S/C13H17NO2/c1-3-11-9-16-13(14-11)8-10-4-6-12(15-2)7-5-10/h4-7,11H,3,8-9H2,1-2H3/t11-/m1/s1. The molecule has 0 radical (unpaired) electrons. The number of hydrogen-bond donors (Lipinski definition) is 0. The zero-order valence-corrected chi connectivity index (χ0v) is 9.77. The quantitative estimate of drug-likeness (QED) is 0.778. The number of hydrogen-bond acceptors (Lipinski definition) is 3. The van der Waals surface area contributed by atoms with E-state index < -0.39 is 0 Å². The van der Waals surface area contributed by atoms with E-state index in [1.807, 2.05) is 24.3 Å². The lowest BCUT2D eigenvalue weighted by Crippen LogP contribution is -2.04. The first-order chi connectivity index (χ1) is 7.81. The summed E-state index contributed by atoms with van der Waals surface area (Å²) in [5.41, 5.74) is 1.20. The summed E-state index contributed by atoms with van der Waals surface area (Å²) in [6.45, 7) is 2.87. The normalized spacial score (nSPS) is 19.1. The van der Waals surface area contributed by atoms with E-state index in [0.717, 1.165) is 31.1 Å². The van der Waals surface area contributed by atoms with Gasteiger partial charge < -0.3 is 9.47 Å². The first-order valence-electron chi connectivity index (χ1n) is 5.64. The van der Waals surface area contributed by atoms with Gasteiger partial charge in [-0.2, -0.15) is 0 Å². The van der Waals surface area contributed by atoms with Gasteiger partial charge in [0.2, 0.25) is 0 Å². The summed E-state index contributed by atoms with van der Waals surface area (Å²) in [6.07, 6.45) is 1.83. The molecule has 0 unspecified atom stereocenters. The monoisotopic (exact) mass is 219 g/mol. The van der Waals surface area contributed by atoms with E-state index in [1.54, 1.807) is 7.11 Å². The van der Waals surface area contributed by atoms with Gasteiger partial charge in [-0.15, -0.1) is 0 Å². The maximum Gasteiger partial charge on any atom is 0.188 e. The van der Waals surface area contributed by atoms with E-state index in [4.69, 9.17) is 9.47 Å². The van der Waals surface area contributed by atoms with Crippen molar-refractivity contribution in [3.8, 4) is 5.75 Å².